The lowest BCUT2D eigenvalue weighted by Crippen LogP contribution is -2.27. The Balaban J connectivity index is 2.11. The molecule has 0 aliphatic carbocycles. The summed E-state index contributed by atoms with van der Waals surface area (Å²) in [5, 5.41) is 11.3. The number of carbonyl (C=O) groups is 2. The number of hydrogen-bond acceptors (Lipinski definition) is 3. The first-order valence-corrected chi connectivity index (χ1v) is 5.55. The summed E-state index contributed by atoms with van der Waals surface area (Å²) < 4.78 is 1.82. The van der Waals surface area contributed by atoms with Gasteiger partial charge in [-0.25, -0.2) is 4.98 Å². The van der Waals surface area contributed by atoms with Crippen molar-refractivity contribution in [3.63, 3.8) is 0 Å². The fourth-order valence-electron chi connectivity index (χ4n) is 1.29. The first-order chi connectivity index (χ1) is 8.09. The zero-order valence-electron chi connectivity index (χ0n) is 9.80. The first-order valence-electron chi connectivity index (χ1n) is 5.55. The summed E-state index contributed by atoms with van der Waals surface area (Å²) in [6.07, 6.45) is 5.93. The zero-order chi connectivity index (χ0) is 12.7. The fourth-order valence-corrected chi connectivity index (χ4v) is 1.29. The van der Waals surface area contributed by atoms with E-state index < -0.39 is 11.9 Å². The van der Waals surface area contributed by atoms with Crippen molar-refractivity contribution in [3.05, 3.63) is 18.7 Å². The number of nitrogens with zero attached hydrogens (tertiary/aromatic N) is 2. The highest BCUT2D eigenvalue weighted by Crippen LogP contribution is 1.99. The Morgan fingerprint density at radius 2 is 2.29 bits per heavy atom. The van der Waals surface area contributed by atoms with E-state index >= 15 is 0 Å². The van der Waals surface area contributed by atoms with E-state index in [2.05, 4.69) is 10.3 Å². The maximum atomic E-state index is 11.4. The highest BCUT2D eigenvalue weighted by atomic mass is 16.4. The predicted molar refractivity (Wildman–Crippen MR) is 61.3 cm³/mol. The van der Waals surface area contributed by atoms with Crippen molar-refractivity contribution in [2.45, 2.75) is 26.3 Å². The van der Waals surface area contributed by atoms with E-state index in [0.717, 1.165) is 0 Å². The third kappa shape index (κ3) is 5.14. The molecule has 1 aromatic heterocycles. The normalized spacial score (nSPS) is 12.1. The van der Waals surface area contributed by atoms with Gasteiger partial charge in [-0.1, -0.05) is 6.92 Å². The molecule has 0 spiro atoms. The van der Waals surface area contributed by atoms with Crippen LogP contribution in [-0.4, -0.2) is 33.1 Å². The van der Waals surface area contributed by atoms with Crippen LogP contribution in [0, 0.1) is 5.92 Å². The average Bonchev–Trinajstić information content (AvgIpc) is 2.78. The Hall–Kier alpha value is -1.85. The van der Waals surface area contributed by atoms with Gasteiger partial charge in [0.25, 0.3) is 0 Å². The van der Waals surface area contributed by atoms with E-state index in [0.29, 0.717) is 25.9 Å². The monoisotopic (exact) mass is 239 g/mol. The standard InChI is InChI=1S/C11H17N3O3/c1-9(11(16)17)2-4-13-10(15)3-6-14-7-5-12-8-14/h5,7-9H,2-4,6H2,1H3,(H,13,15)(H,16,17). The van der Waals surface area contributed by atoms with Gasteiger partial charge in [-0.2, -0.15) is 0 Å². The van der Waals surface area contributed by atoms with E-state index in [9.17, 15) is 9.59 Å². The van der Waals surface area contributed by atoms with Gasteiger partial charge in [-0.15, -0.1) is 0 Å². The molecule has 0 fully saturated rings. The van der Waals surface area contributed by atoms with E-state index in [4.69, 9.17) is 5.11 Å². The van der Waals surface area contributed by atoms with Crippen LogP contribution >= 0.6 is 0 Å². The van der Waals surface area contributed by atoms with Gasteiger partial charge in [-0.05, 0) is 6.42 Å². The van der Waals surface area contributed by atoms with Gasteiger partial charge in [0.15, 0.2) is 0 Å². The van der Waals surface area contributed by atoms with E-state index in [1.54, 1.807) is 25.6 Å². The molecule has 17 heavy (non-hydrogen) atoms. The van der Waals surface area contributed by atoms with Crippen LogP contribution in [0.4, 0.5) is 0 Å². The lowest BCUT2D eigenvalue weighted by atomic mass is 10.1. The predicted octanol–water partition coefficient (Wildman–Crippen LogP) is 0.500. The van der Waals surface area contributed by atoms with E-state index in [-0.39, 0.29) is 5.91 Å². The van der Waals surface area contributed by atoms with Gasteiger partial charge in [0.05, 0.1) is 12.2 Å². The summed E-state index contributed by atoms with van der Waals surface area (Å²) in [5.74, 6) is -1.34. The van der Waals surface area contributed by atoms with Gasteiger partial charge >= 0.3 is 5.97 Å². The Bertz CT molecular complexity index is 362. The molecular weight excluding hydrogens is 222 g/mol. The summed E-state index contributed by atoms with van der Waals surface area (Å²) in [6, 6.07) is 0. The third-order valence-corrected chi connectivity index (χ3v) is 2.48. The van der Waals surface area contributed by atoms with Crippen molar-refractivity contribution >= 4 is 11.9 Å². The van der Waals surface area contributed by atoms with Crippen LogP contribution in [0.3, 0.4) is 0 Å². The Kier molecular flexibility index (Phi) is 5.19. The van der Waals surface area contributed by atoms with Crippen molar-refractivity contribution in [1.29, 1.82) is 0 Å². The van der Waals surface area contributed by atoms with Gasteiger partial charge in [-0.3, -0.25) is 9.59 Å². The van der Waals surface area contributed by atoms with Gasteiger partial charge < -0.3 is 15.0 Å². The Morgan fingerprint density at radius 1 is 1.53 bits per heavy atom. The molecule has 1 aromatic rings. The summed E-state index contributed by atoms with van der Waals surface area (Å²) in [5.41, 5.74) is 0. The number of amides is 1. The second-order valence-corrected chi connectivity index (χ2v) is 3.93. The quantitative estimate of drug-likeness (QED) is 0.725. The number of hydrogen-bond donors (Lipinski definition) is 2. The van der Waals surface area contributed by atoms with Crippen LogP contribution in [-0.2, 0) is 16.1 Å². The van der Waals surface area contributed by atoms with Crippen LogP contribution in [0.1, 0.15) is 19.8 Å². The SMILES string of the molecule is CC(CCNC(=O)CCn1ccnc1)C(=O)O. The molecule has 1 atom stereocenters. The number of nitrogens with one attached hydrogen (secondary N) is 1. The number of aryl methyl sites for hydroxylation is 1. The molecule has 1 unspecified atom stereocenters. The fraction of sp³-hybridized carbons (Fsp3) is 0.545. The van der Waals surface area contributed by atoms with Gasteiger partial charge in [0.2, 0.25) is 5.91 Å². The van der Waals surface area contributed by atoms with Gasteiger partial charge in [0, 0.05) is 31.9 Å². The molecule has 0 aliphatic rings. The maximum Gasteiger partial charge on any atom is 0.306 e. The third-order valence-electron chi connectivity index (χ3n) is 2.48. The molecule has 0 radical (unpaired) electrons. The molecule has 1 rings (SSSR count). The molecule has 94 valence electrons. The second kappa shape index (κ2) is 6.67. The number of imidazole rings is 1. The highest BCUT2D eigenvalue weighted by molar-refractivity contribution is 5.75. The molecule has 0 saturated heterocycles. The zero-order valence-corrected chi connectivity index (χ0v) is 9.80. The van der Waals surface area contributed by atoms with Crippen molar-refractivity contribution in [2.24, 2.45) is 5.92 Å². The summed E-state index contributed by atoms with van der Waals surface area (Å²) in [7, 11) is 0. The number of carboxylic acid groups (broad SMARTS) is 1. The van der Waals surface area contributed by atoms with Crippen LogP contribution in [0.5, 0.6) is 0 Å². The molecule has 1 amide bonds. The van der Waals surface area contributed by atoms with Crippen molar-refractivity contribution in [2.75, 3.05) is 6.54 Å². The summed E-state index contributed by atoms with van der Waals surface area (Å²) in [6.45, 7) is 2.61. The number of carboxylic acids is 1. The summed E-state index contributed by atoms with van der Waals surface area (Å²) >= 11 is 0. The molecule has 1 heterocycles. The first kappa shape index (κ1) is 13.2. The molecule has 0 aromatic carbocycles. The van der Waals surface area contributed by atoms with E-state index in [1.807, 2.05) is 4.57 Å². The molecular formula is C11H17N3O3. The molecule has 2 N–H and O–H groups in total. The van der Waals surface area contributed by atoms with Crippen molar-refractivity contribution in [3.8, 4) is 0 Å². The topological polar surface area (TPSA) is 84.2 Å². The van der Waals surface area contributed by atoms with E-state index in [1.165, 1.54) is 0 Å². The maximum absolute atomic E-state index is 11.4. The number of aliphatic carboxylic acids is 1. The number of aromatic nitrogens is 2. The minimum Gasteiger partial charge on any atom is -0.481 e. The van der Waals surface area contributed by atoms with Crippen LogP contribution in [0.25, 0.3) is 0 Å². The van der Waals surface area contributed by atoms with Crippen LogP contribution < -0.4 is 5.32 Å². The van der Waals surface area contributed by atoms with Crippen LogP contribution in [0.15, 0.2) is 18.7 Å². The minimum absolute atomic E-state index is 0.0729. The smallest absolute Gasteiger partial charge is 0.306 e. The van der Waals surface area contributed by atoms with Crippen molar-refractivity contribution < 1.29 is 14.7 Å². The molecule has 6 nitrogen and oxygen atoms in total. The minimum atomic E-state index is -0.835. The Morgan fingerprint density at radius 3 is 2.88 bits per heavy atom. The molecule has 0 bridgehead atoms. The lowest BCUT2D eigenvalue weighted by molar-refractivity contribution is -0.141. The second-order valence-electron chi connectivity index (χ2n) is 3.93. The summed E-state index contributed by atoms with van der Waals surface area (Å²) in [4.78, 5) is 25.8. The molecule has 0 aliphatic heterocycles. The number of rotatable bonds is 7. The van der Waals surface area contributed by atoms with Crippen LogP contribution in [0.2, 0.25) is 0 Å². The van der Waals surface area contributed by atoms with Crippen molar-refractivity contribution in [1.82, 2.24) is 14.9 Å². The molecule has 6 heteroatoms. The van der Waals surface area contributed by atoms with Gasteiger partial charge in [0.1, 0.15) is 0 Å². The Labute approximate surface area is 99.7 Å². The highest BCUT2D eigenvalue weighted by Gasteiger charge is 2.10. The average molecular weight is 239 g/mol. The lowest BCUT2D eigenvalue weighted by Gasteiger charge is -2.08. The number of carbonyl (C=O) groups excluding carboxylic acids is 1. The molecule has 0 saturated carbocycles. The largest absolute Gasteiger partial charge is 0.481 e.